The number of anilines is 1. The molecule has 0 radical (unpaired) electrons. The summed E-state index contributed by atoms with van der Waals surface area (Å²) in [4.78, 5) is 17.0. The molecule has 2 aromatic heterocycles. The van der Waals surface area contributed by atoms with Crippen LogP contribution in [0, 0.1) is 5.82 Å². The zero-order valence-corrected chi connectivity index (χ0v) is 18.2. The van der Waals surface area contributed by atoms with Crippen molar-refractivity contribution in [3.8, 4) is 17.4 Å². The Balaban J connectivity index is 1.36. The van der Waals surface area contributed by atoms with E-state index in [-0.39, 0.29) is 22.9 Å². The van der Waals surface area contributed by atoms with E-state index in [0.717, 1.165) is 23.3 Å². The third-order valence-electron chi connectivity index (χ3n) is 5.26. The number of aromatic nitrogens is 3. The summed E-state index contributed by atoms with van der Waals surface area (Å²) in [5.74, 6) is -0.477. The van der Waals surface area contributed by atoms with Gasteiger partial charge in [-0.1, -0.05) is 17.7 Å². The first-order valence-corrected chi connectivity index (χ1v) is 10.5. The summed E-state index contributed by atoms with van der Waals surface area (Å²) in [6.45, 7) is 0.785. The quantitative estimate of drug-likeness (QED) is 0.431. The molecule has 1 amide bonds. The highest BCUT2D eigenvalue weighted by Crippen LogP contribution is 2.31. The molecular formula is C23H18ClFN4O4. The molecule has 0 saturated heterocycles. The topological polar surface area (TPSA) is 98.4 Å². The van der Waals surface area contributed by atoms with E-state index in [2.05, 4.69) is 20.5 Å². The van der Waals surface area contributed by atoms with Crippen LogP contribution in [0.3, 0.4) is 0 Å². The molecule has 0 unspecified atom stereocenters. The zero-order valence-electron chi connectivity index (χ0n) is 17.4. The molecule has 2 N–H and O–H groups in total. The maximum Gasteiger partial charge on any atom is 0.260 e. The first-order valence-electron chi connectivity index (χ1n) is 10.1. The number of rotatable bonds is 6. The Kier molecular flexibility index (Phi) is 5.47. The molecule has 10 heteroatoms. The van der Waals surface area contributed by atoms with E-state index in [0.29, 0.717) is 29.2 Å². The molecule has 0 atom stereocenters. The number of H-pyrrole nitrogens is 1. The van der Waals surface area contributed by atoms with Gasteiger partial charge < -0.3 is 19.5 Å². The minimum absolute atomic E-state index is 0.0399. The standard InChI is InChI=1S/C23H18ClFN4O4/c1-31-23-15-9-14(10-26-21(15)28-29-23)27-22(30)19-16(24)3-5-18(20(19)25)33-11-12-2-4-17-13(8-12)6-7-32-17/h2-5,8-10H,6-7,11H2,1H3,(H,27,30)(H,26,28,29). The van der Waals surface area contributed by atoms with Gasteiger partial charge in [0.2, 0.25) is 5.88 Å². The van der Waals surface area contributed by atoms with Crippen molar-refractivity contribution < 1.29 is 23.4 Å². The smallest absolute Gasteiger partial charge is 0.260 e. The van der Waals surface area contributed by atoms with Crippen molar-refractivity contribution in [1.29, 1.82) is 0 Å². The van der Waals surface area contributed by atoms with Gasteiger partial charge in [0, 0.05) is 6.42 Å². The van der Waals surface area contributed by atoms with Gasteiger partial charge in [0.15, 0.2) is 17.2 Å². The number of ether oxygens (including phenoxy) is 3. The second kappa shape index (κ2) is 8.59. The number of amides is 1. The summed E-state index contributed by atoms with van der Waals surface area (Å²) in [5, 5.41) is 9.82. The Morgan fingerprint density at radius 1 is 1.30 bits per heavy atom. The predicted molar refractivity (Wildman–Crippen MR) is 120 cm³/mol. The van der Waals surface area contributed by atoms with Gasteiger partial charge in [-0.25, -0.2) is 9.37 Å². The monoisotopic (exact) mass is 468 g/mol. The lowest BCUT2D eigenvalue weighted by atomic mass is 10.1. The number of pyridine rings is 1. The van der Waals surface area contributed by atoms with Crippen LogP contribution in [0.2, 0.25) is 5.02 Å². The van der Waals surface area contributed by atoms with Gasteiger partial charge in [-0.05, 0) is 41.5 Å². The van der Waals surface area contributed by atoms with Crippen LogP contribution in [0.1, 0.15) is 21.5 Å². The molecule has 1 aliphatic heterocycles. The number of fused-ring (bicyclic) bond motifs is 2. The molecule has 0 saturated carbocycles. The molecule has 168 valence electrons. The van der Waals surface area contributed by atoms with Crippen LogP contribution in [-0.2, 0) is 13.0 Å². The number of methoxy groups -OCH3 is 1. The predicted octanol–water partition coefficient (Wildman–Crippen LogP) is 4.53. The average molecular weight is 469 g/mol. The minimum Gasteiger partial charge on any atom is -0.493 e. The van der Waals surface area contributed by atoms with Crippen molar-refractivity contribution in [1.82, 2.24) is 15.2 Å². The average Bonchev–Trinajstić information content (AvgIpc) is 3.44. The molecule has 1 aliphatic rings. The number of hydrogen-bond acceptors (Lipinski definition) is 6. The number of carbonyl (C=O) groups is 1. The second-order valence-electron chi connectivity index (χ2n) is 7.37. The lowest BCUT2D eigenvalue weighted by Crippen LogP contribution is -2.15. The van der Waals surface area contributed by atoms with Crippen molar-refractivity contribution >= 4 is 34.2 Å². The third-order valence-corrected chi connectivity index (χ3v) is 5.58. The van der Waals surface area contributed by atoms with Gasteiger partial charge >= 0.3 is 0 Å². The fraction of sp³-hybridized carbons (Fsp3) is 0.174. The van der Waals surface area contributed by atoms with E-state index < -0.39 is 11.7 Å². The first-order chi connectivity index (χ1) is 16.0. The first kappa shape index (κ1) is 21.0. The van der Waals surface area contributed by atoms with Gasteiger partial charge in [-0.15, -0.1) is 5.10 Å². The van der Waals surface area contributed by atoms with Gasteiger partial charge in [-0.3, -0.25) is 9.89 Å². The van der Waals surface area contributed by atoms with Gasteiger partial charge in [-0.2, -0.15) is 0 Å². The lowest BCUT2D eigenvalue weighted by Gasteiger charge is -2.13. The molecular weight excluding hydrogens is 451 g/mol. The number of aromatic amines is 1. The highest BCUT2D eigenvalue weighted by Gasteiger charge is 2.21. The van der Waals surface area contributed by atoms with Crippen LogP contribution < -0.4 is 19.5 Å². The lowest BCUT2D eigenvalue weighted by molar-refractivity contribution is 0.102. The summed E-state index contributed by atoms with van der Waals surface area (Å²) < 4.78 is 31.5. The summed E-state index contributed by atoms with van der Waals surface area (Å²) in [7, 11) is 1.47. The Bertz CT molecular complexity index is 1370. The van der Waals surface area contributed by atoms with Gasteiger partial charge in [0.25, 0.3) is 5.91 Å². The fourth-order valence-electron chi connectivity index (χ4n) is 3.64. The van der Waals surface area contributed by atoms with Crippen LogP contribution in [-0.4, -0.2) is 34.8 Å². The van der Waals surface area contributed by atoms with Crippen LogP contribution >= 0.6 is 11.6 Å². The fourth-order valence-corrected chi connectivity index (χ4v) is 3.87. The molecule has 8 nitrogen and oxygen atoms in total. The molecule has 2 aromatic carbocycles. The van der Waals surface area contributed by atoms with Crippen molar-refractivity contribution in [3.63, 3.8) is 0 Å². The molecule has 0 aliphatic carbocycles. The van der Waals surface area contributed by atoms with E-state index in [1.165, 1.54) is 25.4 Å². The highest BCUT2D eigenvalue weighted by molar-refractivity contribution is 6.34. The van der Waals surface area contributed by atoms with E-state index in [1.807, 2.05) is 18.2 Å². The van der Waals surface area contributed by atoms with Crippen molar-refractivity contribution in [3.05, 3.63) is 70.1 Å². The minimum atomic E-state index is -0.848. The number of nitrogens with zero attached hydrogens (tertiary/aromatic N) is 2. The van der Waals surface area contributed by atoms with E-state index >= 15 is 4.39 Å². The summed E-state index contributed by atoms with van der Waals surface area (Å²) in [6, 6.07) is 10.1. The Hall–Kier alpha value is -3.85. The number of benzene rings is 2. The van der Waals surface area contributed by atoms with Gasteiger partial charge in [0.1, 0.15) is 12.4 Å². The largest absolute Gasteiger partial charge is 0.493 e. The van der Waals surface area contributed by atoms with Crippen LogP contribution in [0.5, 0.6) is 17.4 Å². The maximum atomic E-state index is 15.2. The molecule has 33 heavy (non-hydrogen) atoms. The zero-order chi connectivity index (χ0) is 22.9. The van der Waals surface area contributed by atoms with Crippen LogP contribution in [0.4, 0.5) is 10.1 Å². The Morgan fingerprint density at radius 3 is 3.03 bits per heavy atom. The number of halogens is 2. The molecule has 5 rings (SSSR count). The number of nitrogens with one attached hydrogen (secondary N) is 2. The third kappa shape index (κ3) is 4.03. The van der Waals surface area contributed by atoms with Crippen molar-refractivity contribution in [2.75, 3.05) is 19.0 Å². The SMILES string of the molecule is COc1n[nH]c2ncc(NC(=O)c3c(Cl)ccc(OCc4ccc5c(c4)CCO5)c3F)cc12. The summed E-state index contributed by atoms with van der Waals surface area (Å²) >= 11 is 6.15. The maximum absolute atomic E-state index is 15.2. The Morgan fingerprint density at radius 2 is 2.18 bits per heavy atom. The van der Waals surface area contributed by atoms with Crippen LogP contribution in [0.25, 0.3) is 11.0 Å². The van der Waals surface area contributed by atoms with Crippen molar-refractivity contribution in [2.24, 2.45) is 0 Å². The Labute approximate surface area is 192 Å². The molecule has 4 aromatic rings. The van der Waals surface area contributed by atoms with Gasteiger partial charge in [0.05, 0.1) is 41.6 Å². The number of carbonyl (C=O) groups excluding carboxylic acids is 1. The van der Waals surface area contributed by atoms with E-state index in [1.54, 1.807) is 6.07 Å². The number of hydrogen-bond donors (Lipinski definition) is 2. The van der Waals surface area contributed by atoms with E-state index in [4.69, 9.17) is 25.8 Å². The molecule has 0 fully saturated rings. The highest BCUT2D eigenvalue weighted by atomic mass is 35.5. The second-order valence-corrected chi connectivity index (χ2v) is 7.78. The van der Waals surface area contributed by atoms with Crippen LogP contribution in [0.15, 0.2) is 42.6 Å². The molecule has 0 bridgehead atoms. The summed E-state index contributed by atoms with van der Waals surface area (Å²) in [6.07, 6.45) is 2.25. The molecule has 0 spiro atoms. The van der Waals surface area contributed by atoms with E-state index in [9.17, 15) is 4.79 Å². The molecule has 3 heterocycles. The van der Waals surface area contributed by atoms with Crippen molar-refractivity contribution in [2.45, 2.75) is 13.0 Å². The summed E-state index contributed by atoms with van der Waals surface area (Å²) in [5.41, 5.74) is 2.45. The normalized spacial score (nSPS) is 12.3.